The molecule has 13 heteroatoms. The van der Waals surface area contributed by atoms with Crippen LogP contribution in [-0.4, -0.2) is 49.4 Å². The molecule has 0 bridgehead atoms. The van der Waals surface area contributed by atoms with Crippen molar-refractivity contribution in [2.75, 3.05) is 6.26 Å². The number of ether oxygens (including phenoxy) is 1. The molecule has 236 valence electrons. The van der Waals surface area contributed by atoms with E-state index in [-0.39, 0.29) is 29.9 Å². The monoisotopic (exact) mass is 671 g/mol. The zero-order valence-corrected chi connectivity index (χ0v) is 26.6. The number of esters is 1. The number of carbonyl (C=O) groups is 3. The Kier molecular flexibility index (Phi) is 8.91. The lowest BCUT2D eigenvalue weighted by Gasteiger charge is -2.49. The number of fused-ring (bicyclic) bond motifs is 2. The second kappa shape index (κ2) is 12.7. The van der Waals surface area contributed by atoms with Crippen LogP contribution in [-0.2, 0) is 37.5 Å². The first-order valence-electron chi connectivity index (χ1n) is 14.6. The first-order chi connectivity index (χ1) is 21.5. The van der Waals surface area contributed by atoms with Gasteiger partial charge < -0.3 is 9.64 Å². The highest BCUT2D eigenvalue weighted by molar-refractivity contribution is 7.88. The van der Waals surface area contributed by atoms with Gasteiger partial charge in [-0.2, -0.15) is 0 Å². The van der Waals surface area contributed by atoms with Gasteiger partial charge in [-0.15, -0.1) is 0 Å². The fourth-order valence-electron chi connectivity index (χ4n) is 6.63. The number of hydrogen-bond acceptors (Lipinski definition) is 7. The Morgan fingerprint density at radius 3 is 2.58 bits per heavy atom. The molecule has 3 aromatic carbocycles. The third-order valence-electron chi connectivity index (χ3n) is 8.49. The van der Waals surface area contributed by atoms with Crippen LogP contribution in [0.2, 0.25) is 10.0 Å². The Morgan fingerprint density at radius 2 is 1.80 bits per heavy atom. The molecule has 1 aliphatic carbocycles. The lowest BCUT2D eigenvalue weighted by atomic mass is 9.76. The van der Waals surface area contributed by atoms with Gasteiger partial charge in [0.15, 0.2) is 0 Å². The predicted octanol–water partition coefficient (Wildman–Crippen LogP) is 4.84. The number of sulfonamides is 1. The molecule has 1 saturated carbocycles. The lowest BCUT2D eigenvalue weighted by Crippen LogP contribution is -2.59. The summed E-state index contributed by atoms with van der Waals surface area (Å²) >= 11 is 13.0. The van der Waals surface area contributed by atoms with E-state index in [2.05, 4.69) is 10.2 Å². The quantitative estimate of drug-likeness (QED) is 0.199. The summed E-state index contributed by atoms with van der Waals surface area (Å²) in [5.74, 6) is -1.69. The highest BCUT2D eigenvalue weighted by Crippen LogP contribution is 2.48. The molecular formula is C32H31Cl2N3O7S. The van der Waals surface area contributed by atoms with Crippen molar-refractivity contribution in [3.8, 4) is 5.75 Å². The van der Waals surface area contributed by atoms with Crippen LogP contribution in [0.5, 0.6) is 5.75 Å². The highest BCUT2D eigenvalue weighted by atomic mass is 35.5. The molecule has 3 aliphatic rings. The van der Waals surface area contributed by atoms with Crippen LogP contribution in [0.15, 0.2) is 60.7 Å². The molecule has 2 N–H and O–H groups in total. The summed E-state index contributed by atoms with van der Waals surface area (Å²) in [4.78, 5) is 47.5. The fourth-order valence-corrected chi connectivity index (χ4v) is 7.97. The van der Waals surface area contributed by atoms with E-state index in [1.807, 2.05) is 0 Å². The van der Waals surface area contributed by atoms with Crippen molar-refractivity contribution in [3.05, 3.63) is 98.5 Å². The number of amides is 2. The maximum absolute atomic E-state index is 14.4. The molecule has 3 aromatic rings. The van der Waals surface area contributed by atoms with Gasteiger partial charge in [0.1, 0.15) is 5.75 Å². The topological polar surface area (TPSA) is 131 Å². The summed E-state index contributed by atoms with van der Waals surface area (Å²) in [6.45, 7) is -0.0110. The maximum atomic E-state index is 14.4. The summed E-state index contributed by atoms with van der Waals surface area (Å²) < 4.78 is 32.7. The number of rotatable bonds is 8. The van der Waals surface area contributed by atoms with Crippen molar-refractivity contribution >= 4 is 51.0 Å². The van der Waals surface area contributed by atoms with Crippen molar-refractivity contribution in [2.24, 2.45) is 0 Å². The normalized spacial score (nSPS) is 22.9. The maximum Gasteiger partial charge on any atom is 0.315 e. The molecule has 0 saturated heterocycles. The fraction of sp³-hybridized carbons (Fsp3) is 0.344. The van der Waals surface area contributed by atoms with Gasteiger partial charge in [0.25, 0.3) is 11.8 Å². The Morgan fingerprint density at radius 1 is 1.02 bits per heavy atom. The van der Waals surface area contributed by atoms with Gasteiger partial charge in [-0.05, 0) is 53.8 Å². The van der Waals surface area contributed by atoms with Crippen molar-refractivity contribution in [3.63, 3.8) is 0 Å². The minimum atomic E-state index is -3.60. The van der Waals surface area contributed by atoms with E-state index >= 15 is 0 Å². The third kappa shape index (κ3) is 6.59. The highest BCUT2D eigenvalue weighted by Gasteiger charge is 2.49. The molecule has 10 nitrogen and oxygen atoms in total. The average molecular weight is 673 g/mol. The summed E-state index contributed by atoms with van der Waals surface area (Å²) in [6.07, 6.45) is 3.91. The van der Waals surface area contributed by atoms with Gasteiger partial charge in [-0.3, -0.25) is 19.2 Å². The minimum absolute atomic E-state index is 0.0110. The van der Waals surface area contributed by atoms with E-state index in [4.69, 9.17) is 32.8 Å². The Balaban J connectivity index is 1.38. The van der Waals surface area contributed by atoms with Crippen molar-refractivity contribution < 1.29 is 32.4 Å². The van der Waals surface area contributed by atoms with Crippen LogP contribution in [0, 0.1) is 0 Å². The molecule has 0 radical (unpaired) electrons. The van der Waals surface area contributed by atoms with E-state index in [9.17, 15) is 22.8 Å². The Labute approximate surface area is 271 Å². The van der Waals surface area contributed by atoms with Gasteiger partial charge in [0.05, 0.1) is 31.2 Å². The third-order valence-corrected chi connectivity index (χ3v) is 9.79. The Hall–Kier alpha value is -3.48. The summed E-state index contributed by atoms with van der Waals surface area (Å²) in [5, 5.41) is 0.649. The molecular weight excluding hydrogens is 641 g/mol. The first-order valence-corrected chi connectivity index (χ1v) is 17.2. The number of carbonyl (C=O) groups excluding carboxylic acids is 3. The van der Waals surface area contributed by atoms with Gasteiger partial charge >= 0.3 is 5.97 Å². The number of nitrogens with zero attached hydrogens (tertiary/aromatic N) is 1. The standard InChI is InChI=1S/C32H31Cl2N3O7S/c1-45(41,42)36-25-8-4-5-9-26(25)37-30(23-13-12-20(33)16-24(23)34)29(21-6-2-3-7-22(21)32(37)40)31(39)35-43-17-18-10-11-19-15-28(38)44-27(19)14-18/h2-3,6-7,10-14,16,25-26,29-30,36H,4-5,8-9,15,17H2,1H3,(H,35,39)/t25-,26?,29+,30-/m0/s1. The number of nitrogens with one attached hydrogen (secondary N) is 2. The van der Waals surface area contributed by atoms with E-state index < -0.39 is 40.0 Å². The smallest absolute Gasteiger partial charge is 0.315 e. The number of hydrogen-bond donors (Lipinski definition) is 2. The van der Waals surface area contributed by atoms with Crippen LogP contribution in [0.25, 0.3) is 0 Å². The number of benzene rings is 3. The van der Waals surface area contributed by atoms with Crippen LogP contribution >= 0.6 is 23.2 Å². The van der Waals surface area contributed by atoms with Crippen LogP contribution < -0.4 is 14.9 Å². The van der Waals surface area contributed by atoms with E-state index in [0.717, 1.165) is 24.7 Å². The van der Waals surface area contributed by atoms with Crippen molar-refractivity contribution in [1.29, 1.82) is 0 Å². The van der Waals surface area contributed by atoms with E-state index in [0.29, 0.717) is 45.9 Å². The molecule has 45 heavy (non-hydrogen) atoms. The zero-order chi connectivity index (χ0) is 31.9. The average Bonchev–Trinajstić information content (AvgIpc) is 3.36. The second-order valence-corrected chi connectivity index (χ2v) is 14.2. The molecule has 6 rings (SSSR count). The Bertz CT molecular complexity index is 1780. The summed E-state index contributed by atoms with van der Waals surface area (Å²) in [5.41, 5.74) is 5.35. The van der Waals surface area contributed by atoms with Gasteiger partial charge in [-0.25, -0.2) is 18.6 Å². The molecule has 0 aromatic heterocycles. The SMILES string of the molecule is CS(=O)(=O)N[C@H]1CCCCC1N1C(=O)c2ccccc2[C@@H](C(=O)NOCc2ccc3c(c2)OC(=O)C3)[C@@H]1c1ccc(Cl)cc1Cl. The minimum Gasteiger partial charge on any atom is -0.426 e. The van der Waals surface area contributed by atoms with E-state index in [1.54, 1.807) is 65.6 Å². The number of hydroxylamine groups is 1. The molecule has 4 atom stereocenters. The second-order valence-electron chi connectivity index (χ2n) is 11.6. The van der Waals surface area contributed by atoms with Crippen LogP contribution in [0.3, 0.4) is 0 Å². The van der Waals surface area contributed by atoms with Gasteiger partial charge in [-0.1, -0.05) is 72.4 Å². The molecule has 0 spiro atoms. The van der Waals surface area contributed by atoms with Crippen LogP contribution in [0.1, 0.15) is 70.3 Å². The molecule has 1 fully saturated rings. The largest absolute Gasteiger partial charge is 0.426 e. The molecule has 2 aliphatic heterocycles. The van der Waals surface area contributed by atoms with Crippen LogP contribution in [0.4, 0.5) is 0 Å². The van der Waals surface area contributed by atoms with Gasteiger partial charge in [0, 0.05) is 33.3 Å². The summed E-state index contributed by atoms with van der Waals surface area (Å²) in [7, 11) is -3.60. The summed E-state index contributed by atoms with van der Waals surface area (Å²) in [6, 6.07) is 15.0. The molecule has 2 amide bonds. The predicted molar refractivity (Wildman–Crippen MR) is 167 cm³/mol. The van der Waals surface area contributed by atoms with Crippen molar-refractivity contribution in [2.45, 2.75) is 62.8 Å². The first kappa shape index (κ1) is 31.5. The number of halogens is 2. The molecule has 2 heterocycles. The lowest BCUT2D eigenvalue weighted by molar-refractivity contribution is -0.138. The zero-order valence-electron chi connectivity index (χ0n) is 24.3. The van der Waals surface area contributed by atoms with E-state index in [1.165, 1.54) is 0 Å². The van der Waals surface area contributed by atoms with Crippen molar-refractivity contribution in [1.82, 2.24) is 15.1 Å². The molecule has 1 unspecified atom stereocenters. The van der Waals surface area contributed by atoms with Gasteiger partial charge in [0.2, 0.25) is 10.0 Å².